The molecule has 2 heterocycles. The van der Waals surface area contributed by atoms with Crippen LogP contribution in [0.3, 0.4) is 0 Å². The summed E-state index contributed by atoms with van der Waals surface area (Å²) in [5.74, 6) is -0.561. The second-order valence-corrected chi connectivity index (χ2v) is 10.1. The molecule has 0 saturated carbocycles. The maximum atomic E-state index is 14.0. The molecule has 0 aromatic heterocycles. The zero-order valence-electron chi connectivity index (χ0n) is 17.8. The summed E-state index contributed by atoms with van der Waals surface area (Å²) in [6, 6.07) is 13.7. The molecule has 32 heavy (non-hydrogen) atoms. The topological polar surface area (TPSA) is 77.0 Å². The molecule has 10 heteroatoms. The quantitative estimate of drug-likeness (QED) is 0.598. The number of nitrogens with one attached hydrogen (secondary N) is 2. The Kier molecular flexibility index (Phi) is 7.11. The standard InChI is InChI=1S/C22H27ClFN5O2S/c1-25-22(27-32(30,31)28-12-3-2-4-13-28)29-15-20(17-6-5-7-19(24)14-17)21(26-29)16-8-10-18(23)11-9-16/h5-11,14,20,22,25,27H,2-4,12-13,15H2,1H3. The molecule has 2 aliphatic heterocycles. The Labute approximate surface area is 193 Å². The molecule has 2 aromatic carbocycles. The van der Waals surface area contributed by atoms with Crippen LogP contribution in [-0.2, 0) is 10.2 Å². The van der Waals surface area contributed by atoms with E-state index in [0.29, 0.717) is 24.7 Å². The highest BCUT2D eigenvalue weighted by atomic mass is 35.5. The van der Waals surface area contributed by atoms with Crippen LogP contribution < -0.4 is 10.0 Å². The summed E-state index contributed by atoms with van der Waals surface area (Å²) < 4.78 is 44.0. The lowest BCUT2D eigenvalue weighted by Crippen LogP contribution is -2.57. The third kappa shape index (κ3) is 5.13. The molecular weight excluding hydrogens is 453 g/mol. The fourth-order valence-corrected chi connectivity index (χ4v) is 5.68. The number of piperidine rings is 1. The van der Waals surface area contributed by atoms with Crippen LogP contribution in [0.1, 0.15) is 36.3 Å². The first-order valence-corrected chi connectivity index (χ1v) is 12.5. The van der Waals surface area contributed by atoms with Gasteiger partial charge in [0.15, 0.2) is 6.29 Å². The molecule has 0 aliphatic carbocycles. The van der Waals surface area contributed by atoms with Gasteiger partial charge >= 0.3 is 0 Å². The number of benzene rings is 2. The van der Waals surface area contributed by atoms with E-state index in [2.05, 4.69) is 10.0 Å². The molecule has 2 aromatic rings. The van der Waals surface area contributed by atoms with Crippen molar-refractivity contribution in [3.63, 3.8) is 0 Å². The van der Waals surface area contributed by atoms with Crippen molar-refractivity contribution in [3.05, 3.63) is 70.5 Å². The maximum absolute atomic E-state index is 14.0. The van der Waals surface area contributed by atoms with Crippen molar-refractivity contribution in [1.29, 1.82) is 0 Å². The Morgan fingerprint density at radius 2 is 1.84 bits per heavy atom. The van der Waals surface area contributed by atoms with Crippen LogP contribution in [0.5, 0.6) is 0 Å². The van der Waals surface area contributed by atoms with E-state index in [1.54, 1.807) is 30.3 Å². The van der Waals surface area contributed by atoms with Crippen molar-refractivity contribution >= 4 is 27.5 Å². The minimum absolute atomic E-state index is 0.234. The van der Waals surface area contributed by atoms with E-state index >= 15 is 0 Å². The normalized spacial score (nSPS) is 20.9. The van der Waals surface area contributed by atoms with E-state index in [9.17, 15) is 12.8 Å². The van der Waals surface area contributed by atoms with Crippen molar-refractivity contribution in [2.24, 2.45) is 5.10 Å². The van der Waals surface area contributed by atoms with Gasteiger partial charge in [0.2, 0.25) is 0 Å². The van der Waals surface area contributed by atoms with Crippen molar-refractivity contribution in [2.75, 3.05) is 26.7 Å². The van der Waals surface area contributed by atoms with Crippen LogP contribution in [0.25, 0.3) is 0 Å². The van der Waals surface area contributed by atoms with Crippen molar-refractivity contribution < 1.29 is 12.8 Å². The summed E-state index contributed by atoms with van der Waals surface area (Å²) in [7, 11) is -2.00. The first-order chi connectivity index (χ1) is 15.4. The molecule has 4 rings (SSSR count). The van der Waals surface area contributed by atoms with Gasteiger partial charge in [-0.1, -0.05) is 42.3 Å². The third-order valence-electron chi connectivity index (χ3n) is 5.81. The SMILES string of the molecule is CNC(NS(=O)(=O)N1CCCCC1)N1CC(c2cccc(F)c2)C(c2ccc(Cl)cc2)=N1. The highest BCUT2D eigenvalue weighted by Gasteiger charge is 2.35. The van der Waals surface area contributed by atoms with Gasteiger partial charge in [0.05, 0.1) is 12.3 Å². The van der Waals surface area contributed by atoms with Crippen molar-refractivity contribution in [1.82, 2.24) is 19.4 Å². The fraction of sp³-hybridized carbons (Fsp3) is 0.409. The minimum atomic E-state index is -3.68. The van der Waals surface area contributed by atoms with Gasteiger partial charge in [0.25, 0.3) is 10.2 Å². The monoisotopic (exact) mass is 479 g/mol. The summed E-state index contributed by atoms with van der Waals surface area (Å²) in [6.45, 7) is 1.41. The average molecular weight is 480 g/mol. The van der Waals surface area contributed by atoms with Gasteiger partial charge in [-0.15, -0.1) is 0 Å². The highest BCUT2D eigenvalue weighted by molar-refractivity contribution is 7.87. The molecule has 0 bridgehead atoms. The van der Waals surface area contributed by atoms with Crippen LogP contribution in [0.4, 0.5) is 4.39 Å². The molecule has 7 nitrogen and oxygen atoms in total. The largest absolute Gasteiger partial charge is 0.286 e. The van der Waals surface area contributed by atoms with Gasteiger partial charge in [-0.3, -0.25) is 10.3 Å². The highest BCUT2D eigenvalue weighted by Crippen LogP contribution is 2.30. The second-order valence-electron chi connectivity index (χ2n) is 8.00. The van der Waals surface area contributed by atoms with Gasteiger partial charge in [0, 0.05) is 24.0 Å². The van der Waals surface area contributed by atoms with Gasteiger partial charge in [-0.05, 0) is 55.3 Å². The van der Waals surface area contributed by atoms with E-state index in [-0.39, 0.29) is 11.7 Å². The molecule has 1 fully saturated rings. The Morgan fingerprint density at radius 1 is 1.12 bits per heavy atom. The number of hydrogen-bond acceptors (Lipinski definition) is 5. The number of rotatable bonds is 7. The van der Waals surface area contributed by atoms with Crippen LogP contribution in [0, 0.1) is 5.82 Å². The minimum Gasteiger partial charge on any atom is -0.286 e. The molecule has 2 atom stereocenters. The van der Waals surface area contributed by atoms with E-state index in [1.165, 1.54) is 16.4 Å². The Morgan fingerprint density at radius 3 is 2.50 bits per heavy atom. The second kappa shape index (κ2) is 9.84. The molecule has 1 saturated heterocycles. The first-order valence-electron chi connectivity index (χ1n) is 10.7. The lowest BCUT2D eigenvalue weighted by atomic mass is 9.90. The van der Waals surface area contributed by atoms with E-state index in [0.717, 1.165) is 36.1 Å². The molecule has 0 spiro atoms. The Balaban J connectivity index is 1.63. The zero-order chi connectivity index (χ0) is 22.7. The molecule has 2 N–H and O–H groups in total. The summed E-state index contributed by atoms with van der Waals surface area (Å²) in [5.41, 5.74) is 2.35. The Hall–Kier alpha value is -2.04. The predicted molar refractivity (Wildman–Crippen MR) is 124 cm³/mol. The molecule has 172 valence electrons. The molecule has 0 amide bonds. The van der Waals surface area contributed by atoms with Crippen LogP contribution in [0.2, 0.25) is 5.02 Å². The lowest BCUT2D eigenvalue weighted by molar-refractivity contribution is 0.178. The third-order valence-corrected chi connectivity index (χ3v) is 7.63. The van der Waals surface area contributed by atoms with Crippen molar-refractivity contribution in [2.45, 2.75) is 31.5 Å². The molecule has 2 unspecified atom stereocenters. The zero-order valence-corrected chi connectivity index (χ0v) is 19.4. The molecule has 2 aliphatic rings. The van der Waals surface area contributed by atoms with E-state index in [1.807, 2.05) is 18.2 Å². The maximum Gasteiger partial charge on any atom is 0.282 e. The van der Waals surface area contributed by atoms with Gasteiger partial charge < -0.3 is 0 Å². The summed E-state index contributed by atoms with van der Waals surface area (Å²) in [5, 5.41) is 10.0. The van der Waals surface area contributed by atoms with E-state index < -0.39 is 16.5 Å². The molecule has 0 radical (unpaired) electrons. The predicted octanol–water partition coefficient (Wildman–Crippen LogP) is 3.11. The summed E-state index contributed by atoms with van der Waals surface area (Å²) in [6.07, 6.45) is 2.00. The number of hydrogen-bond donors (Lipinski definition) is 2. The van der Waals surface area contributed by atoms with Gasteiger partial charge in [-0.25, -0.2) is 4.39 Å². The summed E-state index contributed by atoms with van der Waals surface area (Å²) in [4.78, 5) is 0. The average Bonchev–Trinajstić information content (AvgIpc) is 3.24. The van der Waals surface area contributed by atoms with Gasteiger partial charge in [0.1, 0.15) is 5.82 Å². The van der Waals surface area contributed by atoms with Crippen LogP contribution in [0.15, 0.2) is 53.6 Å². The van der Waals surface area contributed by atoms with Crippen LogP contribution in [-0.4, -0.2) is 56.4 Å². The van der Waals surface area contributed by atoms with Crippen LogP contribution >= 0.6 is 11.6 Å². The Bertz CT molecular complexity index is 1070. The fourth-order valence-electron chi connectivity index (χ4n) is 4.14. The summed E-state index contributed by atoms with van der Waals surface area (Å²) >= 11 is 6.05. The molecular formula is C22H27ClFN5O2S. The smallest absolute Gasteiger partial charge is 0.282 e. The number of halogens is 2. The van der Waals surface area contributed by atoms with Crippen molar-refractivity contribution in [3.8, 4) is 0 Å². The lowest BCUT2D eigenvalue weighted by Gasteiger charge is -2.31. The number of hydrazone groups is 1. The first kappa shape index (κ1) is 23.1. The van der Waals surface area contributed by atoms with Gasteiger partial charge in [-0.2, -0.15) is 22.5 Å². The number of nitrogens with zero attached hydrogens (tertiary/aromatic N) is 3. The van der Waals surface area contributed by atoms with E-state index in [4.69, 9.17) is 16.7 Å².